The summed E-state index contributed by atoms with van der Waals surface area (Å²) in [6.45, 7) is 11.0. The van der Waals surface area contributed by atoms with Crippen LogP contribution in [0.25, 0.3) is 0 Å². The number of unbranched alkanes of at least 4 members (excludes halogenated alkanes) is 30. The van der Waals surface area contributed by atoms with E-state index in [1.165, 1.54) is 232 Å². The Labute approximate surface area is 256 Å². The van der Waals surface area contributed by atoms with Gasteiger partial charge in [-0.3, -0.25) is 0 Å². The van der Waals surface area contributed by atoms with Crippen molar-refractivity contribution in [1.82, 2.24) is 4.90 Å². The lowest BCUT2D eigenvalue weighted by atomic mass is 10.0. The first-order valence-corrected chi connectivity index (χ1v) is 19.6. The van der Waals surface area contributed by atoms with Crippen molar-refractivity contribution >= 4 is 0 Å². The molecule has 0 fully saturated rings. The second kappa shape index (κ2) is 37.0. The van der Waals surface area contributed by atoms with E-state index >= 15 is 0 Å². The molecule has 242 valence electrons. The molecule has 0 amide bonds. The van der Waals surface area contributed by atoms with Crippen molar-refractivity contribution in [2.45, 2.75) is 233 Å². The normalized spacial score (nSPS) is 11.7. The lowest BCUT2D eigenvalue weighted by Crippen LogP contribution is -2.27. The fourth-order valence-corrected chi connectivity index (χ4v) is 6.33. The molecule has 0 aromatic heterocycles. The Morgan fingerprint density at radius 1 is 0.200 bits per heavy atom. The van der Waals surface area contributed by atoms with Gasteiger partial charge in [0, 0.05) is 0 Å². The van der Waals surface area contributed by atoms with E-state index in [2.05, 4.69) is 25.7 Å². The highest BCUT2D eigenvalue weighted by molar-refractivity contribution is 4.61. The second-order valence-electron chi connectivity index (χ2n) is 13.4. The molecule has 40 heavy (non-hydrogen) atoms. The third-order valence-corrected chi connectivity index (χ3v) is 9.23. The van der Waals surface area contributed by atoms with Gasteiger partial charge in [-0.05, 0) is 38.9 Å². The van der Waals surface area contributed by atoms with Crippen LogP contribution in [0.2, 0.25) is 0 Å². The summed E-state index contributed by atoms with van der Waals surface area (Å²) in [4.78, 5) is 2.84. The maximum atomic E-state index is 2.84. The van der Waals surface area contributed by atoms with Gasteiger partial charge in [-0.2, -0.15) is 0 Å². The Hall–Kier alpha value is -0.0400. The van der Waals surface area contributed by atoms with Gasteiger partial charge in [0.15, 0.2) is 0 Å². The fourth-order valence-electron chi connectivity index (χ4n) is 6.33. The summed E-state index contributed by atoms with van der Waals surface area (Å²) in [5.41, 5.74) is 0. The average Bonchev–Trinajstić information content (AvgIpc) is 2.96. The van der Waals surface area contributed by atoms with Gasteiger partial charge < -0.3 is 4.90 Å². The molecule has 0 atom stereocenters. The van der Waals surface area contributed by atoms with Crippen molar-refractivity contribution in [3.8, 4) is 0 Å². The first-order valence-electron chi connectivity index (χ1n) is 19.6. The molecule has 0 spiro atoms. The van der Waals surface area contributed by atoms with Crippen LogP contribution in [0.4, 0.5) is 0 Å². The zero-order valence-corrected chi connectivity index (χ0v) is 28.9. The minimum atomic E-state index is 1.36. The average molecular weight is 564 g/mol. The van der Waals surface area contributed by atoms with E-state index in [1.807, 2.05) is 0 Å². The van der Waals surface area contributed by atoms with Gasteiger partial charge >= 0.3 is 0 Å². The molecule has 0 radical (unpaired) electrons. The number of hydrogen-bond acceptors (Lipinski definition) is 1. The molecule has 0 N–H and O–H groups in total. The minimum absolute atomic E-state index is 1.36. The van der Waals surface area contributed by atoms with Gasteiger partial charge in [-0.15, -0.1) is 0 Å². The Morgan fingerprint density at radius 2 is 0.350 bits per heavy atom. The van der Waals surface area contributed by atoms with Crippen molar-refractivity contribution in [3.63, 3.8) is 0 Å². The molecule has 0 aliphatic carbocycles. The molecule has 0 rings (SSSR count). The van der Waals surface area contributed by atoms with Crippen molar-refractivity contribution in [2.75, 3.05) is 19.6 Å². The maximum absolute atomic E-state index is 2.84. The Balaban J connectivity index is 3.69. The molecule has 1 nitrogen and oxygen atoms in total. The molecule has 1 heteroatoms. The standard InChI is InChI=1S/C39H81N/c1-4-7-10-13-15-17-19-21-23-25-27-29-32-35-38-40(37-34-31-12-9-6-3)39-36-33-30-28-26-24-22-20-18-16-14-11-8-5-2/h4-39H2,1-3H3. The highest BCUT2D eigenvalue weighted by Gasteiger charge is 2.05. The van der Waals surface area contributed by atoms with Crippen molar-refractivity contribution in [3.05, 3.63) is 0 Å². The zero-order chi connectivity index (χ0) is 29.0. The molecule has 0 aliphatic rings. The second-order valence-corrected chi connectivity index (χ2v) is 13.4. The molecule has 0 unspecified atom stereocenters. The molecule has 0 saturated heterocycles. The summed E-state index contributed by atoms with van der Waals surface area (Å²) in [5.74, 6) is 0. The number of hydrogen-bond donors (Lipinski definition) is 0. The predicted molar refractivity (Wildman–Crippen MR) is 186 cm³/mol. The van der Waals surface area contributed by atoms with Crippen LogP contribution in [-0.2, 0) is 0 Å². The van der Waals surface area contributed by atoms with Crippen LogP contribution < -0.4 is 0 Å². The fraction of sp³-hybridized carbons (Fsp3) is 1.00. The van der Waals surface area contributed by atoms with Crippen molar-refractivity contribution in [1.29, 1.82) is 0 Å². The molecule has 0 aromatic carbocycles. The monoisotopic (exact) mass is 564 g/mol. The van der Waals surface area contributed by atoms with E-state index in [4.69, 9.17) is 0 Å². The molecule has 0 aliphatic heterocycles. The molecule has 0 heterocycles. The van der Waals surface area contributed by atoms with Gasteiger partial charge in [0.05, 0.1) is 0 Å². The van der Waals surface area contributed by atoms with Gasteiger partial charge in [0.2, 0.25) is 0 Å². The molecule has 0 saturated carbocycles. The smallest absolute Gasteiger partial charge is 0.00187 e. The lowest BCUT2D eigenvalue weighted by Gasteiger charge is -2.22. The third kappa shape index (κ3) is 34.2. The van der Waals surface area contributed by atoms with Gasteiger partial charge in [0.1, 0.15) is 0 Å². The summed E-state index contributed by atoms with van der Waals surface area (Å²) in [7, 11) is 0. The van der Waals surface area contributed by atoms with E-state index in [9.17, 15) is 0 Å². The van der Waals surface area contributed by atoms with E-state index < -0.39 is 0 Å². The quantitative estimate of drug-likeness (QED) is 0.0685. The number of nitrogens with zero attached hydrogens (tertiary/aromatic N) is 1. The van der Waals surface area contributed by atoms with Crippen LogP contribution in [0.5, 0.6) is 0 Å². The molecular weight excluding hydrogens is 482 g/mol. The van der Waals surface area contributed by atoms with Gasteiger partial charge in [-0.1, -0.05) is 213 Å². The predicted octanol–water partition coefficient (Wildman–Crippen LogP) is 14.2. The highest BCUT2D eigenvalue weighted by Crippen LogP contribution is 2.15. The topological polar surface area (TPSA) is 3.24 Å². The SMILES string of the molecule is CCCCCCCCCCCCCCCCN(CCCCCCC)CCCCCCCCCCCCCCCC. The Morgan fingerprint density at radius 3 is 0.525 bits per heavy atom. The van der Waals surface area contributed by atoms with Crippen LogP contribution in [0, 0.1) is 0 Å². The van der Waals surface area contributed by atoms with E-state index in [1.54, 1.807) is 0 Å². The largest absolute Gasteiger partial charge is 0.303 e. The maximum Gasteiger partial charge on any atom is -0.00187 e. The molecule has 0 aromatic rings. The van der Waals surface area contributed by atoms with Crippen LogP contribution >= 0.6 is 0 Å². The van der Waals surface area contributed by atoms with E-state index in [0.717, 1.165) is 0 Å². The molecule has 0 bridgehead atoms. The Kier molecular flexibility index (Phi) is 36.9. The first-order chi connectivity index (χ1) is 19.8. The summed E-state index contributed by atoms with van der Waals surface area (Å²) < 4.78 is 0. The van der Waals surface area contributed by atoms with Crippen LogP contribution in [-0.4, -0.2) is 24.5 Å². The summed E-state index contributed by atoms with van der Waals surface area (Å²) in [6.07, 6.45) is 48.1. The third-order valence-electron chi connectivity index (χ3n) is 9.23. The highest BCUT2D eigenvalue weighted by atomic mass is 15.1. The number of rotatable bonds is 36. The molecular formula is C39H81N. The van der Waals surface area contributed by atoms with Crippen molar-refractivity contribution in [2.24, 2.45) is 0 Å². The van der Waals surface area contributed by atoms with Crippen molar-refractivity contribution < 1.29 is 0 Å². The van der Waals surface area contributed by atoms with Gasteiger partial charge in [-0.25, -0.2) is 0 Å². The van der Waals surface area contributed by atoms with E-state index in [0.29, 0.717) is 0 Å². The van der Waals surface area contributed by atoms with Crippen LogP contribution in [0.1, 0.15) is 233 Å². The van der Waals surface area contributed by atoms with Gasteiger partial charge in [0.25, 0.3) is 0 Å². The van der Waals surface area contributed by atoms with E-state index in [-0.39, 0.29) is 0 Å². The van der Waals surface area contributed by atoms with Crippen LogP contribution in [0.15, 0.2) is 0 Å². The summed E-state index contributed by atoms with van der Waals surface area (Å²) >= 11 is 0. The zero-order valence-electron chi connectivity index (χ0n) is 28.9. The summed E-state index contributed by atoms with van der Waals surface area (Å²) in [5, 5.41) is 0. The van der Waals surface area contributed by atoms with Crippen LogP contribution in [0.3, 0.4) is 0 Å². The Bertz CT molecular complexity index is 387. The summed E-state index contributed by atoms with van der Waals surface area (Å²) in [6, 6.07) is 0. The lowest BCUT2D eigenvalue weighted by molar-refractivity contribution is 0.254. The minimum Gasteiger partial charge on any atom is -0.303 e. The first kappa shape index (κ1) is 40.0.